The highest BCUT2D eigenvalue weighted by molar-refractivity contribution is 6.24. The second kappa shape index (κ2) is 7.10. The van der Waals surface area contributed by atoms with Gasteiger partial charge in [0, 0.05) is 0 Å². The van der Waals surface area contributed by atoms with Gasteiger partial charge in [0.1, 0.15) is 11.7 Å². The van der Waals surface area contributed by atoms with Crippen LogP contribution < -0.4 is 9.96 Å². The number of amides is 2. The van der Waals surface area contributed by atoms with E-state index in [1.165, 1.54) is 35.4 Å². The molecule has 5 rings (SSSR count). The lowest BCUT2D eigenvalue weighted by Crippen LogP contribution is -2.37. The molecule has 3 aromatic rings. The van der Waals surface area contributed by atoms with E-state index in [0.29, 0.717) is 11.3 Å². The number of para-hydroxylation sites is 2. The zero-order valence-corrected chi connectivity index (χ0v) is 16.1. The first-order chi connectivity index (χ1) is 15.0. The summed E-state index contributed by atoms with van der Waals surface area (Å²) in [5.41, 5.74) is 0.935. The molecule has 31 heavy (non-hydrogen) atoms. The quantitative estimate of drug-likeness (QED) is 0.499. The highest BCUT2D eigenvalue weighted by Gasteiger charge is 2.60. The third-order valence-corrected chi connectivity index (χ3v) is 5.56. The summed E-state index contributed by atoms with van der Waals surface area (Å²) in [6.07, 6.45) is -1.16. The monoisotopic (exact) mass is 420 g/mol. The molecule has 0 bridgehead atoms. The van der Waals surface area contributed by atoms with Gasteiger partial charge in [0.25, 0.3) is 5.91 Å². The van der Waals surface area contributed by atoms with Crippen LogP contribution in [-0.2, 0) is 14.4 Å². The number of hydroxylamine groups is 1. The van der Waals surface area contributed by atoms with Gasteiger partial charge < -0.3 is 10.2 Å². The van der Waals surface area contributed by atoms with E-state index in [-0.39, 0.29) is 17.2 Å². The van der Waals surface area contributed by atoms with Crippen molar-refractivity contribution in [3.05, 3.63) is 84.2 Å². The molecule has 2 fully saturated rings. The first-order valence-electron chi connectivity index (χ1n) is 9.62. The third-order valence-electron chi connectivity index (χ3n) is 5.56. The van der Waals surface area contributed by atoms with Crippen LogP contribution in [0.3, 0.4) is 0 Å². The van der Waals surface area contributed by atoms with Gasteiger partial charge in [-0.3, -0.25) is 14.4 Å². The summed E-state index contributed by atoms with van der Waals surface area (Å²) >= 11 is 0. The molecule has 0 unspecified atom stereocenters. The first kappa shape index (κ1) is 19.1. The van der Waals surface area contributed by atoms with Crippen LogP contribution in [0, 0.1) is 11.7 Å². The lowest BCUT2D eigenvalue weighted by molar-refractivity contribution is -0.126. The van der Waals surface area contributed by atoms with Gasteiger partial charge in [0.2, 0.25) is 5.91 Å². The Morgan fingerprint density at radius 3 is 2.26 bits per heavy atom. The Morgan fingerprint density at radius 1 is 0.839 bits per heavy atom. The average molecular weight is 420 g/mol. The Bertz CT molecular complexity index is 1190. The molecule has 2 amide bonds. The fourth-order valence-electron chi connectivity index (χ4n) is 4.15. The number of hydrogen-bond donors (Lipinski definition) is 2. The summed E-state index contributed by atoms with van der Waals surface area (Å²) in [7, 11) is 0. The smallest absolute Gasteiger partial charge is 0.266 e. The predicted molar refractivity (Wildman–Crippen MR) is 109 cm³/mol. The summed E-state index contributed by atoms with van der Waals surface area (Å²) in [6, 6.07) is 17.9. The Kier molecular flexibility index (Phi) is 4.37. The van der Waals surface area contributed by atoms with Crippen molar-refractivity contribution in [2.75, 3.05) is 9.96 Å². The molecule has 3 atom stereocenters. The maximum atomic E-state index is 14.4. The van der Waals surface area contributed by atoms with Gasteiger partial charge in [-0.2, -0.15) is 0 Å². The minimum Gasteiger partial charge on any atom is -0.504 e. The SMILES string of the molecule is O=C1[C@@H]2[C@@H](c3ccc(O)c(O)c3)N(c3ccccc3)O[C@H]2C(=O)N1c1ccccc1F. The maximum absolute atomic E-state index is 14.4. The van der Waals surface area contributed by atoms with Crippen LogP contribution in [0.2, 0.25) is 0 Å². The number of rotatable bonds is 3. The summed E-state index contributed by atoms with van der Waals surface area (Å²) in [6.45, 7) is 0. The number of aromatic hydroxyl groups is 2. The van der Waals surface area contributed by atoms with Gasteiger partial charge in [-0.05, 0) is 42.0 Å². The van der Waals surface area contributed by atoms with E-state index in [4.69, 9.17) is 4.84 Å². The zero-order valence-electron chi connectivity index (χ0n) is 16.1. The van der Waals surface area contributed by atoms with Gasteiger partial charge in [-0.1, -0.05) is 36.4 Å². The highest BCUT2D eigenvalue weighted by Crippen LogP contribution is 2.48. The molecule has 3 aromatic carbocycles. The van der Waals surface area contributed by atoms with Crippen molar-refractivity contribution >= 4 is 23.2 Å². The summed E-state index contributed by atoms with van der Waals surface area (Å²) in [5.74, 6) is -3.61. The molecule has 0 aliphatic carbocycles. The highest BCUT2D eigenvalue weighted by atomic mass is 19.1. The standard InChI is InChI=1S/C23H17FN2O5/c24-15-8-4-5-9-16(15)25-22(29)19-20(13-10-11-17(27)18(28)12-13)26(31-21(19)23(25)30)14-6-2-1-3-7-14/h1-12,19-21,27-28H/t19-,20-,21-/m1/s1. The van der Waals surface area contributed by atoms with Crippen LogP contribution in [-0.4, -0.2) is 28.1 Å². The lowest BCUT2D eigenvalue weighted by atomic mass is 9.90. The van der Waals surface area contributed by atoms with Crippen LogP contribution in [0.15, 0.2) is 72.8 Å². The van der Waals surface area contributed by atoms with Crippen molar-refractivity contribution in [3.8, 4) is 11.5 Å². The number of phenols is 2. The average Bonchev–Trinajstić information content (AvgIpc) is 3.28. The number of carbonyl (C=O) groups is 2. The summed E-state index contributed by atoms with van der Waals surface area (Å²) in [4.78, 5) is 33.3. The Morgan fingerprint density at radius 2 is 1.55 bits per heavy atom. The normalized spacial score (nSPS) is 22.8. The van der Waals surface area contributed by atoms with Crippen LogP contribution in [0.4, 0.5) is 15.8 Å². The van der Waals surface area contributed by atoms with E-state index in [0.717, 1.165) is 4.90 Å². The van der Waals surface area contributed by atoms with E-state index in [2.05, 4.69) is 0 Å². The van der Waals surface area contributed by atoms with Gasteiger partial charge in [-0.25, -0.2) is 14.4 Å². The molecule has 0 saturated carbocycles. The van der Waals surface area contributed by atoms with Crippen LogP contribution in [0.1, 0.15) is 11.6 Å². The third kappa shape index (κ3) is 2.91. The number of phenolic OH excluding ortho intramolecular Hbond substituents is 2. The molecule has 2 aliphatic heterocycles. The first-order valence-corrected chi connectivity index (χ1v) is 9.62. The second-order valence-electron chi connectivity index (χ2n) is 7.37. The lowest BCUT2D eigenvalue weighted by Gasteiger charge is -2.29. The van der Waals surface area contributed by atoms with Crippen LogP contribution in [0.5, 0.6) is 11.5 Å². The largest absolute Gasteiger partial charge is 0.504 e. The van der Waals surface area contributed by atoms with E-state index in [1.807, 2.05) is 6.07 Å². The van der Waals surface area contributed by atoms with Crippen molar-refractivity contribution in [2.24, 2.45) is 5.92 Å². The number of halogens is 1. The molecule has 0 aromatic heterocycles. The number of anilines is 2. The van der Waals surface area contributed by atoms with Gasteiger partial charge >= 0.3 is 0 Å². The minimum absolute atomic E-state index is 0.130. The van der Waals surface area contributed by atoms with Crippen molar-refractivity contribution < 1.29 is 29.0 Å². The fourth-order valence-corrected chi connectivity index (χ4v) is 4.15. The molecule has 7 nitrogen and oxygen atoms in total. The Hall–Kier alpha value is -3.91. The molecule has 2 saturated heterocycles. The molecule has 0 spiro atoms. The molecular formula is C23H17FN2O5. The molecular weight excluding hydrogens is 403 g/mol. The topological polar surface area (TPSA) is 90.3 Å². The van der Waals surface area contributed by atoms with Crippen molar-refractivity contribution in [3.63, 3.8) is 0 Å². The number of fused-ring (bicyclic) bond motifs is 1. The van der Waals surface area contributed by atoms with Gasteiger partial charge in [0.15, 0.2) is 17.6 Å². The van der Waals surface area contributed by atoms with Crippen LogP contribution >= 0.6 is 0 Å². The minimum atomic E-state index is -1.16. The number of benzene rings is 3. The summed E-state index contributed by atoms with van der Waals surface area (Å²) in [5, 5.41) is 21.2. The predicted octanol–water partition coefficient (Wildman–Crippen LogP) is 3.29. The zero-order chi connectivity index (χ0) is 21.7. The van der Waals surface area contributed by atoms with Gasteiger partial charge in [0.05, 0.1) is 17.4 Å². The van der Waals surface area contributed by atoms with E-state index < -0.39 is 35.7 Å². The summed E-state index contributed by atoms with van der Waals surface area (Å²) < 4.78 is 14.4. The molecule has 2 heterocycles. The molecule has 8 heteroatoms. The van der Waals surface area contributed by atoms with E-state index in [1.54, 1.807) is 36.4 Å². The number of imide groups is 1. The van der Waals surface area contributed by atoms with E-state index in [9.17, 15) is 24.2 Å². The van der Waals surface area contributed by atoms with Crippen molar-refractivity contribution in [2.45, 2.75) is 12.1 Å². The van der Waals surface area contributed by atoms with E-state index >= 15 is 0 Å². The number of carbonyl (C=O) groups excluding carboxylic acids is 2. The Labute approximate surface area is 176 Å². The molecule has 2 aliphatic rings. The number of hydrogen-bond acceptors (Lipinski definition) is 6. The van der Waals surface area contributed by atoms with Crippen LogP contribution in [0.25, 0.3) is 0 Å². The molecule has 2 N–H and O–H groups in total. The molecule has 156 valence electrons. The van der Waals surface area contributed by atoms with Crippen molar-refractivity contribution in [1.82, 2.24) is 0 Å². The second-order valence-corrected chi connectivity index (χ2v) is 7.37. The molecule has 0 radical (unpaired) electrons. The number of nitrogens with zero attached hydrogens (tertiary/aromatic N) is 2. The Balaban J connectivity index is 1.62. The van der Waals surface area contributed by atoms with Crippen molar-refractivity contribution in [1.29, 1.82) is 0 Å². The fraction of sp³-hybridized carbons (Fsp3) is 0.130. The van der Waals surface area contributed by atoms with Gasteiger partial charge in [-0.15, -0.1) is 0 Å². The maximum Gasteiger partial charge on any atom is 0.266 e.